The van der Waals surface area contributed by atoms with E-state index >= 15 is 0 Å². The van der Waals surface area contributed by atoms with Crippen LogP contribution < -0.4 is 4.74 Å². The summed E-state index contributed by atoms with van der Waals surface area (Å²) in [5.74, 6) is 0.513. The Labute approximate surface area is 109 Å². The number of aliphatic hydroxyl groups is 1. The van der Waals surface area contributed by atoms with Gasteiger partial charge in [-0.2, -0.15) is 0 Å². The van der Waals surface area contributed by atoms with Crippen LogP contribution in [0, 0.1) is 5.92 Å². The summed E-state index contributed by atoms with van der Waals surface area (Å²) < 4.78 is 5.22. The third kappa shape index (κ3) is 3.10. The van der Waals surface area contributed by atoms with Crippen LogP contribution in [0.1, 0.15) is 50.8 Å². The van der Waals surface area contributed by atoms with Crippen LogP contribution >= 0.6 is 0 Å². The molecule has 1 aromatic carbocycles. The van der Waals surface area contributed by atoms with Crippen molar-refractivity contribution in [2.45, 2.75) is 39.7 Å². The molecule has 1 rings (SSSR count). The molecule has 3 heteroatoms. The molecule has 0 aliphatic carbocycles. The largest absolute Gasteiger partial charge is 0.496 e. The summed E-state index contributed by atoms with van der Waals surface area (Å²) >= 11 is 0. The lowest BCUT2D eigenvalue weighted by atomic mass is 9.93. The van der Waals surface area contributed by atoms with Crippen molar-refractivity contribution in [2.24, 2.45) is 5.92 Å². The number of methoxy groups -OCH3 is 1. The molecule has 0 heterocycles. The molecule has 0 saturated heterocycles. The molecule has 3 nitrogen and oxygen atoms in total. The second kappa shape index (κ2) is 6.01. The van der Waals surface area contributed by atoms with E-state index in [1.165, 1.54) is 0 Å². The van der Waals surface area contributed by atoms with Gasteiger partial charge in [-0.25, -0.2) is 0 Å². The number of hydrogen-bond donors (Lipinski definition) is 1. The highest BCUT2D eigenvalue weighted by atomic mass is 16.5. The molecule has 1 unspecified atom stereocenters. The third-order valence-corrected chi connectivity index (χ3v) is 3.05. The van der Waals surface area contributed by atoms with Gasteiger partial charge in [0.05, 0.1) is 7.11 Å². The highest BCUT2D eigenvalue weighted by molar-refractivity contribution is 5.86. The maximum atomic E-state index is 11.9. The van der Waals surface area contributed by atoms with Gasteiger partial charge in [0.15, 0.2) is 5.78 Å². The zero-order valence-electron chi connectivity index (χ0n) is 11.7. The van der Waals surface area contributed by atoms with Gasteiger partial charge in [-0.15, -0.1) is 0 Å². The average Bonchev–Trinajstić information content (AvgIpc) is 2.35. The smallest absolute Gasteiger partial charge is 0.168 e. The summed E-state index contributed by atoms with van der Waals surface area (Å²) in [4.78, 5) is 11.9. The van der Waals surface area contributed by atoms with Crippen LogP contribution in [0.25, 0.3) is 0 Å². The van der Waals surface area contributed by atoms with Gasteiger partial charge < -0.3 is 9.84 Å². The lowest BCUT2D eigenvalue weighted by Gasteiger charge is -2.18. The molecular formula is C15H22O3. The van der Waals surface area contributed by atoms with E-state index in [1.54, 1.807) is 21.0 Å². The van der Waals surface area contributed by atoms with Crippen molar-refractivity contribution in [2.75, 3.05) is 7.11 Å². The predicted molar refractivity (Wildman–Crippen MR) is 71.9 cm³/mol. The molecule has 0 spiro atoms. The maximum absolute atomic E-state index is 11.9. The minimum Gasteiger partial charge on any atom is -0.496 e. The highest BCUT2D eigenvalue weighted by Gasteiger charge is 2.24. The Morgan fingerprint density at radius 1 is 1.22 bits per heavy atom. The van der Waals surface area contributed by atoms with E-state index in [0.717, 1.165) is 5.56 Å². The van der Waals surface area contributed by atoms with Crippen molar-refractivity contribution in [1.29, 1.82) is 0 Å². The number of benzene rings is 1. The second-order valence-electron chi connectivity index (χ2n) is 5.12. The number of Topliss-reactive ketones (excluding diaryl/α,β-unsaturated/α-hetero) is 1. The van der Waals surface area contributed by atoms with Gasteiger partial charge in [-0.1, -0.05) is 33.8 Å². The van der Waals surface area contributed by atoms with Crippen LogP contribution in [0.2, 0.25) is 0 Å². The fourth-order valence-electron chi connectivity index (χ4n) is 1.79. The second-order valence-corrected chi connectivity index (χ2v) is 5.12. The SMILES string of the molecule is COc1ccc(C(C)C)cc1C(O)C(=O)C(C)C. The molecule has 0 radical (unpaired) electrons. The predicted octanol–water partition coefficient (Wildman–Crippen LogP) is 3.08. The summed E-state index contributed by atoms with van der Waals surface area (Å²) in [6, 6.07) is 5.62. The molecule has 0 aromatic heterocycles. The van der Waals surface area contributed by atoms with Gasteiger partial charge in [0.2, 0.25) is 0 Å². The van der Waals surface area contributed by atoms with Crippen molar-refractivity contribution < 1.29 is 14.6 Å². The van der Waals surface area contributed by atoms with Crippen molar-refractivity contribution >= 4 is 5.78 Å². The first-order valence-corrected chi connectivity index (χ1v) is 6.28. The molecule has 1 aromatic rings. The zero-order valence-corrected chi connectivity index (χ0v) is 11.7. The summed E-state index contributed by atoms with van der Waals surface area (Å²) in [6.45, 7) is 7.71. The van der Waals surface area contributed by atoms with Crippen LogP contribution in [-0.4, -0.2) is 18.0 Å². The van der Waals surface area contributed by atoms with Crippen LogP contribution in [0.5, 0.6) is 5.75 Å². The molecule has 0 fully saturated rings. The molecule has 1 atom stereocenters. The van der Waals surface area contributed by atoms with Crippen molar-refractivity contribution in [1.82, 2.24) is 0 Å². The number of carbonyl (C=O) groups is 1. The Morgan fingerprint density at radius 3 is 2.28 bits per heavy atom. The van der Waals surface area contributed by atoms with Gasteiger partial charge >= 0.3 is 0 Å². The Bertz CT molecular complexity index is 422. The topological polar surface area (TPSA) is 46.5 Å². The first kappa shape index (κ1) is 14.7. The normalized spacial score (nSPS) is 12.9. The number of rotatable bonds is 5. The fourth-order valence-corrected chi connectivity index (χ4v) is 1.79. The molecule has 0 saturated carbocycles. The van der Waals surface area contributed by atoms with Crippen LogP contribution in [0.15, 0.2) is 18.2 Å². The van der Waals surface area contributed by atoms with E-state index in [0.29, 0.717) is 17.2 Å². The van der Waals surface area contributed by atoms with Gasteiger partial charge in [-0.3, -0.25) is 4.79 Å². The van der Waals surface area contributed by atoms with Gasteiger partial charge in [0, 0.05) is 11.5 Å². The molecule has 0 aliphatic rings. The van der Waals surface area contributed by atoms with Crippen molar-refractivity contribution in [3.63, 3.8) is 0 Å². The van der Waals surface area contributed by atoms with Crippen LogP contribution in [-0.2, 0) is 4.79 Å². The fraction of sp³-hybridized carbons (Fsp3) is 0.533. The number of hydrogen-bond acceptors (Lipinski definition) is 3. The summed E-state index contributed by atoms with van der Waals surface area (Å²) in [5.41, 5.74) is 1.64. The molecule has 1 N–H and O–H groups in total. The van der Waals surface area contributed by atoms with E-state index in [2.05, 4.69) is 13.8 Å². The van der Waals surface area contributed by atoms with E-state index < -0.39 is 6.10 Å². The minimum absolute atomic E-state index is 0.186. The standard InChI is InChI=1S/C15H22O3/c1-9(2)11-6-7-13(18-5)12(8-11)15(17)14(16)10(3)4/h6-10,15,17H,1-5H3. The van der Waals surface area contributed by atoms with Gasteiger partial charge in [-0.05, 0) is 23.6 Å². The first-order chi connectivity index (χ1) is 8.38. The number of aliphatic hydroxyl groups excluding tert-OH is 1. The summed E-state index contributed by atoms with van der Waals surface area (Å²) in [5, 5.41) is 10.1. The minimum atomic E-state index is -1.11. The van der Waals surface area contributed by atoms with E-state index in [1.807, 2.05) is 18.2 Å². The quantitative estimate of drug-likeness (QED) is 0.873. The number of ketones is 1. The zero-order chi connectivity index (χ0) is 13.9. The molecule has 0 bridgehead atoms. The Morgan fingerprint density at radius 2 is 1.83 bits per heavy atom. The van der Waals surface area contributed by atoms with E-state index in [9.17, 15) is 9.90 Å². The van der Waals surface area contributed by atoms with Gasteiger partial charge in [0.25, 0.3) is 0 Å². The summed E-state index contributed by atoms with van der Waals surface area (Å²) in [7, 11) is 1.54. The monoisotopic (exact) mass is 250 g/mol. The maximum Gasteiger partial charge on any atom is 0.168 e. The summed E-state index contributed by atoms with van der Waals surface area (Å²) in [6.07, 6.45) is -1.11. The molecule has 18 heavy (non-hydrogen) atoms. The Balaban J connectivity index is 3.19. The lowest BCUT2D eigenvalue weighted by molar-refractivity contribution is -0.130. The number of carbonyl (C=O) groups excluding carboxylic acids is 1. The molecule has 0 aliphatic heterocycles. The Kier molecular flexibility index (Phi) is 4.91. The highest BCUT2D eigenvalue weighted by Crippen LogP contribution is 2.30. The molecule has 0 amide bonds. The average molecular weight is 250 g/mol. The van der Waals surface area contributed by atoms with Crippen molar-refractivity contribution in [3.05, 3.63) is 29.3 Å². The van der Waals surface area contributed by atoms with Crippen LogP contribution in [0.4, 0.5) is 0 Å². The van der Waals surface area contributed by atoms with E-state index in [-0.39, 0.29) is 11.7 Å². The third-order valence-electron chi connectivity index (χ3n) is 3.05. The Hall–Kier alpha value is -1.35. The molecule has 100 valence electrons. The van der Waals surface area contributed by atoms with Gasteiger partial charge in [0.1, 0.15) is 11.9 Å². The lowest BCUT2D eigenvalue weighted by Crippen LogP contribution is -2.18. The number of ether oxygens (including phenoxy) is 1. The molecular weight excluding hydrogens is 228 g/mol. The van der Waals surface area contributed by atoms with Crippen LogP contribution in [0.3, 0.4) is 0 Å². The first-order valence-electron chi connectivity index (χ1n) is 6.28. The van der Waals surface area contributed by atoms with Crippen molar-refractivity contribution in [3.8, 4) is 5.75 Å². The van der Waals surface area contributed by atoms with E-state index in [4.69, 9.17) is 4.74 Å².